The number of esters is 1. The first-order valence-electron chi connectivity index (χ1n) is 8.59. The van der Waals surface area contributed by atoms with Crippen molar-refractivity contribution in [2.24, 2.45) is 0 Å². The molecule has 1 aromatic carbocycles. The zero-order chi connectivity index (χ0) is 18.2. The van der Waals surface area contributed by atoms with Crippen molar-refractivity contribution in [3.63, 3.8) is 0 Å². The van der Waals surface area contributed by atoms with Crippen molar-refractivity contribution >= 4 is 22.8 Å². The lowest BCUT2D eigenvalue weighted by Crippen LogP contribution is -2.35. The van der Waals surface area contributed by atoms with Gasteiger partial charge in [-0.05, 0) is 19.4 Å². The summed E-state index contributed by atoms with van der Waals surface area (Å²) in [6.45, 7) is 3.69. The minimum Gasteiger partial charge on any atom is -0.452 e. The van der Waals surface area contributed by atoms with Crippen LogP contribution in [0.4, 0.5) is 0 Å². The maximum absolute atomic E-state index is 12.3. The number of rotatable bonds is 8. The van der Waals surface area contributed by atoms with E-state index in [4.69, 9.17) is 4.74 Å². The molecule has 0 aliphatic rings. The molecule has 0 unspecified atom stereocenters. The Morgan fingerprint density at radius 1 is 1.24 bits per heavy atom. The molecule has 1 aromatic heterocycles. The number of carbonyl (C=O) groups is 2. The Morgan fingerprint density at radius 2 is 2.00 bits per heavy atom. The van der Waals surface area contributed by atoms with Gasteiger partial charge in [0, 0.05) is 23.0 Å². The number of unbranched alkanes of at least 4 members (excludes halogenated alkanes) is 2. The third-order valence-corrected chi connectivity index (χ3v) is 3.95. The van der Waals surface area contributed by atoms with Crippen molar-refractivity contribution < 1.29 is 14.3 Å². The Hall–Kier alpha value is -2.63. The lowest BCUT2D eigenvalue weighted by atomic mass is 10.1. The highest BCUT2D eigenvalue weighted by atomic mass is 16.5. The number of benzene rings is 1. The number of para-hydroxylation sites is 1. The van der Waals surface area contributed by atoms with Crippen LogP contribution in [0.5, 0.6) is 0 Å². The van der Waals surface area contributed by atoms with Gasteiger partial charge in [-0.1, -0.05) is 44.4 Å². The highest BCUT2D eigenvalue weighted by molar-refractivity contribution is 6.03. The van der Waals surface area contributed by atoms with Crippen LogP contribution >= 0.6 is 0 Å². The number of ether oxygens (including phenoxy) is 1. The number of carbonyl (C=O) groups excluding carboxylic acids is 2. The Labute approximate surface area is 146 Å². The standard InChI is InChI=1S/C19H24N2O4/c1-3-4-5-8-13(2)20-18(23)12-25-19(24)15-11-17(22)21-16-10-7-6-9-14(15)16/h6-7,9-11,13H,3-5,8,12H2,1-2H3,(H,20,23)(H,21,22)/t13-/m0/s1. The summed E-state index contributed by atoms with van der Waals surface area (Å²) < 4.78 is 5.08. The van der Waals surface area contributed by atoms with Crippen molar-refractivity contribution in [1.82, 2.24) is 10.3 Å². The summed E-state index contributed by atoms with van der Waals surface area (Å²) in [5, 5.41) is 3.39. The maximum atomic E-state index is 12.3. The number of nitrogens with one attached hydrogen (secondary N) is 2. The fourth-order valence-electron chi connectivity index (χ4n) is 2.67. The number of aromatic amines is 1. The van der Waals surface area contributed by atoms with E-state index in [2.05, 4.69) is 17.2 Å². The third-order valence-electron chi connectivity index (χ3n) is 3.95. The number of H-pyrrole nitrogens is 1. The van der Waals surface area contributed by atoms with Crippen LogP contribution in [0.25, 0.3) is 10.9 Å². The second-order valence-electron chi connectivity index (χ2n) is 6.13. The Balaban J connectivity index is 1.94. The van der Waals surface area contributed by atoms with Crippen molar-refractivity contribution in [2.75, 3.05) is 6.61 Å². The molecule has 6 nitrogen and oxygen atoms in total. The molecule has 134 valence electrons. The minimum atomic E-state index is -0.684. The predicted octanol–water partition coefficient (Wildman–Crippen LogP) is 2.77. The van der Waals surface area contributed by atoms with Gasteiger partial charge in [0.25, 0.3) is 5.91 Å². The number of aromatic nitrogens is 1. The molecule has 0 fully saturated rings. The first kappa shape index (κ1) is 18.7. The van der Waals surface area contributed by atoms with Crippen LogP contribution in [0, 0.1) is 0 Å². The summed E-state index contributed by atoms with van der Waals surface area (Å²) >= 11 is 0. The van der Waals surface area contributed by atoms with Gasteiger partial charge in [0.05, 0.1) is 5.56 Å². The van der Waals surface area contributed by atoms with E-state index in [0.717, 1.165) is 25.7 Å². The quantitative estimate of drug-likeness (QED) is 0.569. The molecular formula is C19H24N2O4. The summed E-state index contributed by atoms with van der Waals surface area (Å²) in [5.41, 5.74) is 0.318. The zero-order valence-corrected chi connectivity index (χ0v) is 14.6. The third kappa shape index (κ3) is 5.45. The molecule has 0 bridgehead atoms. The van der Waals surface area contributed by atoms with Crippen LogP contribution in [-0.2, 0) is 9.53 Å². The number of hydrogen-bond acceptors (Lipinski definition) is 4. The van der Waals surface area contributed by atoms with Crippen LogP contribution in [0.15, 0.2) is 35.1 Å². The number of hydrogen-bond donors (Lipinski definition) is 2. The second kappa shape index (κ2) is 9.01. The summed E-state index contributed by atoms with van der Waals surface area (Å²) in [7, 11) is 0. The molecule has 0 spiro atoms. The zero-order valence-electron chi connectivity index (χ0n) is 14.6. The molecule has 2 aromatic rings. The van der Waals surface area contributed by atoms with E-state index in [1.807, 2.05) is 6.92 Å². The topological polar surface area (TPSA) is 88.3 Å². The van der Waals surface area contributed by atoms with Gasteiger partial charge in [0.2, 0.25) is 5.56 Å². The molecule has 25 heavy (non-hydrogen) atoms. The molecule has 2 N–H and O–H groups in total. The van der Waals surface area contributed by atoms with Gasteiger partial charge < -0.3 is 15.0 Å². The first-order valence-corrected chi connectivity index (χ1v) is 8.59. The van der Waals surface area contributed by atoms with E-state index in [0.29, 0.717) is 10.9 Å². The van der Waals surface area contributed by atoms with E-state index in [1.165, 1.54) is 6.07 Å². The van der Waals surface area contributed by atoms with Crippen molar-refractivity contribution in [3.8, 4) is 0 Å². The number of fused-ring (bicyclic) bond motifs is 1. The SMILES string of the molecule is CCCCC[C@H](C)NC(=O)COC(=O)c1cc(=O)[nH]c2ccccc12. The number of amides is 1. The van der Waals surface area contributed by atoms with E-state index >= 15 is 0 Å². The van der Waals surface area contributed by atoms with E-state index < -0.39 is 5.97 Å². The molecule has 0 radical (unpaired) electrons. The molecule has 0 saturated heterocycles. The lowest BCUT2D eigenvalue weighted by molar-refractivity contribution is -0.124. The van der Waals surface area contributed by atoms with Crippen LogP contribution < -0.4 is 10.9 Å². The highest BCUT2D eigenvalue weighted by Crippen LogP contribution is 2.15. The molecule has 0 aliphatic heterocycles. The first-order chi connectivity index (χ1) is 12.0. The minimum absolute atomic E-state index is 0.0400. The van der Waals surface area contributed by atoms with Gasteiger partial charge in [0.15, 0.2) is 6.61 Å². The predicted molar refractivity (Wildman–Crippen MR) is 96.6 cm³/mol. The number of pyridine rings is 1. The molecule has 0 saturated carbocycles. The maximum Gasteiger partial charge on any atom is 0.339 e. The van der Waals surface area contributed by atoms with Crippen LogP contribution in [0.2, 0.25) is 0 Å². The summed E-state index contributed by atoms with van der Waals surface area (Å²) in [4.78, 5) is 38.5. The molecule has 0 aliphatic carbocycles. The van der Waals surface area contributed by atoms with Gasteiger partial charge in [-0.25, -0.2) is 4.79 Å². The van der Waals surface area contributed by atoms with Crippen molar-refractivity contribution in [1.29, 1.82) is 0 Å². The average Bonchev–Trinajstić information content (AvgIpc) is 2.59. The van der Waals surface area contributed by atoms with E-state index in [9.17, 15) is 14.4 Å². The van der Waals surface area contributed by atoms with Gasteiger partial charge in [-0.15, -0.1) is 0 Å². The van der Waals surface area contributed by atoms with Gasteiger partial charge in [-0.3, -0.25) is 9.59 Å². The van der Waals surface area contributed by atoms with Gasteiger partial charge >= 0.3 is 5.97 Å². The Kier molecular flexibility index (Phi) is 6.74. The normalized spacial score (nSPS) is 11.9. The molecule has 1 amide bonds. The summed E-state index contributed by atoms with van der Waals surface area (Å²) in [5.74, 6) is -1.03. The fraction of sp³-hybridized carbons (Fsp3) is 0.421. The van der Waals surface area contributed by atoms with Crippen molar-refractivity contribution in [2.45, 2.75) is 45.6 Å². The Morgan fingerprint density at radius 3 is 2.76 bits per heavy atom. The van der Waals surface area contributed by atoms with Crippen molar-refractivity contribution in [3.05, 3.63) is 46.2 Å². The van der Waals surface area contributed by atoms with E-state index in [-0.39, 0.29) is 29.7 Å². The smallest absolute Gasteiger partial charge is 0.339 e. The molecule has 2 rings (SSSR count). The fourth-order valence-corrected chi connectivity index (χ4v) is 2.67. The Bertz CT molecular complexity index is 797. The summed E-state index contributed by atoms with van der Waals surface area (Å²) in [6.07, 6.45) is 4.20. The van der Waals surface area contributed by atoms with Gasteiger partial charge in [0.1, 0.15) is 0 Å². The lowest BCUT2D eigenvalue weighted by Gasteiger charge is -2.14. The molecular weight excluding hydrogens is 320 g/mol. The molecule has 1 atom stereocenters. The molecule has 1 heterocycles. The summed E-state index contributed by atoms with van der Waals surface area (Å²) in [6, 6.07) is 8.19. The average molecular weight is 344 g/mol. The van der Waals surface area contributed by atoms with Crippen LogP contribution in [0.1, 0.15) is 49.9 Å². The van der Waals surface area contributed by atoms with Crippen LogP contribution in [0.3, 0.4) is 0 Å². The monoisotopic (exact) mass is 344 g/mol. The van der Waals surface area contributed by atoms with Crippen LogP contribution in [-0.4, -0.2) is 29.5 Å². The molecule has 6 heteroatoms. The van der Waals surface area contributed by atoms with Gasteiger partial charge in [-0.2, -0.15) is 0 Å². The largest absolute Gasteiger partial charge is 0.452 e. The highest BCUT2D eigenvalue weighted by Gasteiger charge is 2.15. The van der Waals surface area contributed by atoms with E-state index in [1.54, 1.807) is 24.3 Å². The second-order valence-corrected chi connectivity index (χ2v) is 6.13.